The predicted molar refractivity (Wildman–Crippen MR) is 73.5 cm³/mol. The van der Waals surface area contributed by atoms with Crippen LogP contribution >= 0.6 is 0 Å². The summed E-state index contributed by atoms with van der Waals surface area (Å²) in [4.78, 5) is 25.2. The minimum atomic E-state index is -0.647. The number of rotatable bonds is 5. The fraction of sp³-hybridized carbons (Fsp3) is 0.467. The van der Waals surface area contributed by atoms with Crippen molar-refractivity contribution in [1.29, 1.82) is 0 Å². The molecule has 5 heteroatoms. The molecule has 1 amide bonds. The van der Waals surface area contributed by atoms with Crippen molar-refractivity contribution >= 4 is 17.4 Å². The molecule has 1 aliphatic heterocycles. The SMILES string of the molecule is Cc1cc(F)cc2c1N(CCOCC(C)C)C(=O)C2=O. The smallest absolute Gasteiger partial charge is 0.299 e. The number of anilines is 1. The number of Topliss-reactive ketones (excluding diaryl/α,β-unsaturated/α-hetero) is 1. The number of nitrogens with zero attached hydrogens (tertiary/aromatic N) is 1. The minimum absolute atomic E-state index is 0.149. The fourth-order valence-electron chi connectivity index (χ4n) is 2.29. The Morgan fingerprint density at radius 2 is 2.00 bits per heavy atom. The molecule has 20 heavy (non-hydrogen) atoms. The van der Waals surface area contributed by atoms with Crippen LogP contribution < -0.4 is 4.90 Å². The molecule has 0 aliphatic carbocycles. The normalized spacial score (nSPS) is 14.3. The lowest BCUT2D eigenvalue weighted by molar-refractivity contribution is -0.114. The van der Waals surface area contributed by atoms with Gasteiger partial charge in [-0.3, -0.25) is 9.59 Å². The summed E-state index contributed by atoms with van der Waals surface area (Å²) >= 11 is 0. The number of ether oxygens (including phenoxy) is 1. The molecule has 0 N–H and O–H groups in total. The van der Waals surface area contributed by atoms with E-state index in [-0.39, 0.29) is 5.56 Å². The molecule has 0 radical (unpaired) electrons. The first kappa shape index (κ1) is 14.7. The molecule has 1 aromatic carbocycles. The van der Waals surface area contributed by atoms with Gasteiger partial charge in [-0.05, 0) is 30.5 Å². The van der Waals surface area contributed by atoms with E-state index >= 15 is 0 Å². The van der Waals surface area contributed by atoms with E-state index in [2.05, 4.69) is 0 Å². The number of halogens is 1. The van der Waals surface area contributed by atoms with Gasteiger partial charge in [-0.1, -0.05) is 13.8 Å². The van der Waals surface area contributed by atoms with E-state index in [9.17, 15) is 14.0 Å². The standard InChI is InChI=1S/C15H18FNO3/c1-9(2)8-20-5-4-17-13-10(3)6-11(16)7-12(13)14(18)15(17)19/h6-7,9H,4-5,8H2,1-3H3. The number of carbonyl (C=O) groups excluding carboxylic acids is 2. The summed E-state index contributed by atoms with van der Waals surface area (Å²) in [6, 6.07) is 2.45. The van der Waals surface area contributed by atoms with Crippen molar-refractivity contribution in [2.75, 3.05) is 24.7 Å². The van der Waals surface area contributed by atoms with Crippen LogP contribution in [-0.2, 0) is 9.53 Å². The summed E-state index contributed by atoms with van der Waals surface area (Å²) in [5.41, 5.74) is 1.24. The van der Waals surface area contributed by atoms with Gasteiger partial charge in [0.25, 0.3) is 11.7 Å². The third-order valence-corrected chi connectivity index (χ3v) is 3.13. The molecule has 1 heterocycles. The zero-order valence-corrected chi connectivity index (χ0v) is 11.9. The second kappa shape index (κ2) is 5.71. The molecule has 2 rings (SSSR count). The van der Waals surface area contributed by atoms with E-state index in [0.717, 1.165) is 6.07 Å². The molecule has 108 valence electrons. The zero-order chi connectivity index (χ0) is 14.9. The summed E-state index contributed by atoms with van der Waals surface area (Å²) in [5, 5.41) is 0. The van der Waals surface area contributed by atoms with Crippen LogP contribution in [0.5, 0.6) is 0 Å². The molecule has 0 atom stereocenters. The van der Waals surface area contributed by atoms with Crippen LogP contribution in [0.1, 0.15) is 29.8 Å². The third-order valence-electron chi connectivity index (χ3n) is 3.13. The number of hydrogen-bond acceptors (Lipinski definition) is 3. The maximum atomic E-state index is 13.3. The molecule has 1 aliphatic rings. The van der Waals surface area contributed by atoms with Gasteiger partial charge < -0.3 is 9.64 Å². The van der Waals surface area contributed by atoms with E-state index in [1.807, 2.05) is 13.8 Å². The topological polar surface area (TPSA) is 46.6 Å². The Balaban J connectivity index is 2.16. The Morgan fingerprint density at radius 1 is 1.30 bits per heavy atom. The number of hydrogen-bond donors (Lipinski definition) is 0. The number of ketones is 1. The van der Waals surface area contributed by atoms with Crippen molar-refractivity contribution in [3.8, 4) is 0 Å². The van der Waals surface area contributed by atoms with Crippen LogP contribution in [0.15, 0.2) is 12.1 Å². The van der Waals surface area contributed by atoms with Gasteiger partial charge in [0.05, 0.1) is 17.9 Å². The lowest BCUT2D eigenvalue weighted by Crippen LogP contribution is -2.33. The molecule has 0 bridgehead atoms. The first-order valence-electron chi connectivity index (χ1n) is 6.66. The van der Waals surface area contributed by atoms with Gasteiger partial charge >= 0.3 is 0 Å². The van der Waals surface area contributed by atoms with E-state index in [1.165, 1.54) is 11.0 Å². The third kappa shape index (κ3) is 2.72. The maximum Gasteiger partial charge on any atom is 0.299 e. The van der Waals surface area contributed by atoms with Crippen molar-refractivity contribution in [2.24, 2.45) is 5.92 Å². The molecule has 0 spiro atoms. The molecule has 0 saturated carbocycles. The second-order valence-electron chi connectivity index (χ2n) is 5.37. The fourth-order valence-corrected chi connectivity index (χ4v) is 2.29. The quantitative estimate of drug-likeness (QED) is 0.614. The van der Waals surface area contributed by atoms with Crippen molar-refractivity contribution in [3.05, 3.63) is 29.1 Å². The highest BCUT2D eigenvalue weighted by Gasteiger charge is 2.37. The van der Waals surface area contributed by atoms with Gasteiger partial charge in [0, 0.05) is 13.2 Å². The summed E-state index contributed by atoms with van der Waals surface area (Å²) in [6.07, 6.45) is 0. The van der Waals surface area contributed by atoms with Crippen LogP contribution in [0.4, 0.5) is 10.1 Å². The molecular weight excluding hydrogens is 261 g/mol. The lowest BCUT2D eigenvalue weighted by Gasteiger charge is -2.18. The average Bonchev–Trinajstić information content (AvgIpc) is 2.59. The second-order valence-corrected chi connectivity index (χ2v) is 5.37. The Labute approximate surface area is 117 Å². The van der Waals surface area contributed by atoms with Gasteiger partial charge in [0.15, 0.2) is 0 Å². The van der Waals surface area contributed by atoms with Gasteiger partial charge in [-0.2, -0.15) is 0 Å². The molecule has 0 unspecified atom stereocenters. The van der Waals surface area contributed by atoms with Crippen LogP contribution in [0, 0.1) is 18.7 Å². The maximum absolute atomic E-state index is 13.3. The highest BCUT2D eigenvalue weighted by molar-refractivity contribution is 6.52. The van der Waals surface area contributed by atoms with Gasteiger partial charge in [0.1, 0.15) is 5.82 Å². The van der Waals surface area contributed by atoms with Crippen molar-refractivity contribution in [3.63, 3.8) is 0 Å². The number of fused-ring (bicyclic) bond motifs is 1. The van der Waals surface area contributed by atoms with Crippen molar-refractivity contribution in [2.45, 2.75) is 20.8 Å². The van der Waals surface area contributed by atoms with Crippen LogP contribution in [0.3, 0.4) is 0 Å². The number of aryl methyl sites for hydroxylation is 1. The monoisotopic (exact) mass is 279 g/mol. The van der Waals surface area contributed by atoms with Crippen LogP contribution in [0.25, 0.3) is 0 Å². The van der Waals surface area contributed by atoms with Crippen molar-refractivity contribution in [1.82, 2.24) is 0 Å². The van der Waals surface area contributed by atoms with Crippen LogP contribution in [-0.4, -0.2) is 31.4 Å². The molecule has 4 nitrogen and oxygen atoms in total. The molecular formula is C15H18FNO3. The highest BCUT2D eigenvalue weighted by atomic mass is 19.1. The Hall–Kier alpha value is -1.75. The first-order chi connectivity index (χ1) is 9.41. The number of benzene rings is 1. The Kier molecular flexibility index (Phi) is 4.18. The minimum Gasteiger partial charge on any atom is -0.379 e. The molecule has 1 aromatic rings. The Morgan fingerprint density at radius 3 is 2.65 bits per heavy atom. The van der Waals surface area contributed by atoms with E-state index < -0.39 is 17.5 Å². The summed E-state index contributed by atoms with van der Waals surface area (Å²) < 4.78 is 18.8. The lowest BCUT2D eigenvalue weighted by atomic mass is 10.1. The summed E-state index contributed by atoms with van der Waals surface area (Å²) in [6.45, 7) is 7.02. The summed E-state index contributed by atoms with van der Waals surface area (Å²) in [5.74, 6) is -1.34. The van der Waals surface area contributed by atoms with E-state index in [4.69, 9.17) is 4.74 Å². The first-order valence-corrected chi connectivity index (χ1v) is 6.66. The molecule has 0 saturated heterocycles. The summed E-state index contributed by atoms with van der Waals surface area (Å²) in [7, 11) is 0. The highest BCUT2D eigenvalue weighted by Crippen LogP contribution is 2.32. The largest absolute Gasteiger partial charge is 0.379 e. The number of carbonyl (C=O) groups is 2. The Bertz CT molecular complexity index is 554. The van der Waals surface area contributed by atoms with E-state index in [0.29, 0.717) is 36.9 Å². The van der Waals surface area contributed by atoms with Gasteiger partial charge in [0.2, 0.25) is 0 Å². The zero-order valence-electron chi connectivity index (χ0n) is 11.9. The average molecular weight is 279 g/mol. The predicted octanol–water partition coefficient (Wildman–Crippen LogP) is 2.34. The van der Waals surface area contributed by atoms with Crippen molar-refractivity contribution < 1.29 is 18.7 Å². The number of amides is 1. The van der Waals surface area contributed by atoms with Gasteiger partial charge in [-0.25, -0.2) is 4.39 Å². The van der Waals surface area contributed by atoms with E-state index in [1.54, 1.807) is 6.92 Å². The molecule has 0 aromatic heterocycles. The van der Waals surface area contributed by atoms with Gasteiger partial charge in [-0.15, -0.1) is 0 Å². The van der Waals surface area contributed by atoms with Crippen LogP contribution in [0.2, 0.25) is 0 Å². The molecule has 0 fully saturated rings.